The number of aldehydes is 1. The molecule has 0 bridgehead atoms. The zero-order valence-electron chi connectivity index (χ0n) is 8.23. The van der Waals surface area contributed by atoms with Gasteiger partial charge in [-0.25, -0.2) is 0 Å². The molecule has 0 aromatic heterocycles. The highest BCUT2D eigenvalue weighted by Crippen LogP contribution is 2.37. The fourth-order valence-corrected chi connectivity index (χ4v) is 2.29. The van der Waals surface area contributed by atoms with E-state index in [1.165, 1.54) is 22.3 Å². The fourth-order valence-electron chi connectivity index (χ4n) is 2.29. The smallest absolute Gasteiger partial charge is 0.150 e. The van der Waals surface area contributed by atoms with Gasteiger partial charge in [-0.1, -0.05) is 42.5 Å². The van der Waals surface area contributed by atoms with Gasteiger partial charge in [-0.2, -0.15) is 0 Å². The summed E-state index contributed by atoms with van der Waals surface area (Å²) in [7, 11) is 0. The maximum absolute atomic E-state index is 10.9. The molecular weight excluding hydrogens is 184 g/mol. The van der Waals surface area contributed by atoms with E-state index in [0.717, 1.165) is 18.3 Å². The molecule has 72 valence electrons. The summed E-state index contributed by atoms with van der Waals surface area (Å²) in [6.45, 7) is 0. The maximum Gasteiger partial charge on any atom is 0.150 e. The largest absolute Gasteiger partial charge is 0.298 e. The molecule has 3 rings (SSSR count). The molecule has 1 aliphatic carbocycles. The Kier molecular flexibility index (Phi) is 1.72. The first kappa shape index (κ1) is 8.42. The third kappa shape index (κ3) is 1.13. The van der Waals surface area contributed by atoms with Crippen LogP contribution in [0.2, 0.25) is 0 Å². The topological polar surface area (TPSA) is 17.1 Å². The summed E-state index contributed by atoms with van der Waals surface area (Å²) in [5, 5.41) is 0. The van der Waals surface area contributed by atoms with Crippen molar-refractivity contribution in [1.82, 2.24) is 0 Å². The molecule has 2 aromatic rings. The summed E-state index contributed by atoms with van der Waals surface area (Å²) in [6.07, 6.45) is 1.84. The van der Waals surface area contributed by atoms with Crippen LogP contribution in [0.1, 0.15) is 21.5 Å². The standard InChI is InChI=1S/C14H10O/c15-9-11-5-3-7-13-12-6-2-1-4-10(12)8-14(11)13/h1-7,9H,8H2. The van der Waals surface area contributed by atoms with Gasteiger partial charge < -0.3 is 0 Å². The van der Waals surface area contributed by atoms with Crippen LogP contribution in [-0.2, 0) is 6.42 Å². The second-order valence-corrected chi connectivity index (χ2v) is 3.83. The summed E-state index contributed by atoms with van der Waals surface area (Å²) in [4.78, 5) is 10.9. The second-order valence-electron chi connectivity index (χ2n) is 3.83. The van der Waals surface area contributed by atoms with Crippen LogP contribution >= 0.6 is 0 Å². The third-order valence-corrected chi connectivity index (χ3v) is 3.01. The maximum atomic E-state index is 10.9. The van der Waals surface area contributed by atoms with Crippen molar-refractivity contribution in [1.29, 1.82) is 0 Å². The average molecular weight is 194 g/mol. The number of carbonyl (C=O) groups excluding carboxylic acids is 1. The van der Waals surface area contributed by atoms with Crippen LogP contribution in [0.3, 0.4) is 0 Å². The van der Waals surface area contributed by atoms with Crippen LogP contribution in [0.15, 0.2) is 42.5 Å². The predicted octanol–water partition coefficient (Wildman–Crippen LogP) is 3.07. The highest BCUT2D eigenvalue weighted by molar-refractivity contribution is 5.87. The van der Waals surface area contributed by atoms with Crippen molar-refractivity contribution < 1.29 is 4.79 Å². The SMILES string of the molecule is O=Cc1cccc2c1Cc1ccccc1-2. The molecule has 15 heavy (non-hydrogen) atoms. The molecule has 1 heteroatoms. The molecule has 0 fully saturated rings. The van der Waals surface area contributed by atoms with Crippen LogP contribution < -0.4 is 0 Å². The molecule has 0 amide bonds. The lowest BCUT2D eigenvalue weighted by Gasteiger charge is -2.01. The molecule has 1 aliphatic rings. The van der Waals surface area contributed by atoms with Crippen molar-refractivity contribution in [2.45, 2.75) is 6.42 Å². The van der Waals surface area contributed by atoms with E-state index < -0.39 is 0 Å². The summed E-state index contributed by atoms with van der Waals surface area (Å²) in [6, 6.07) is 14.3. The van der Waals surface area contributed by atoms with Crippen molar-refractivity contribution >= 4 is 6.29 Å². The summed E-state index contributed by atoms with van der Waals surface area (Å²) < 4.78 is 0. The minimum absolute atomic E-state index is 0.823. The van der Waals surface area contributed by atoms with Crippen LogP contribution in [0.4, 0.5) is 0 Å². The van der Waals surface area contributed by atoms with E-state index in [-0.39, 0.29) is 0 Å². The van der Waals surface area contributed by atoms with E-state index >= 15 is 0 Å². The fraction of sp³-hybridized carbons (Fsp3) is 0.0714. The summed E-state index contributed by atoms with van der Waals surface area (Å²) >= 11 is 0. The van der Waals surface area contributed by atoms with E-state index in [2.05, 4.69) is 18.2 Å². The molecule has 0 aliphatic heterocycles. The lowest BCUT2D eigenvalue weighted by atomic mass is 10.0. The van der Waals surface area contributed by atoms with Gasteiger partial charge in [0.15, 0.2) is 0 Å². The number of hydrogen-bond acceptors (Lipinski definition) is 1. The number of benzene rings is 2. The first-order chi connectivity index (χ1) is 7.40. The van der Waals surface area contributed by atoms with E-state index in [1.807, 2.05) is 24.3 Å². The Morgan fingerprint density at radius 1 is 0.933 bits per heavy atom. The molecule has 0 saturated heterocycles. The van der Waals surface area contributed by atoms with Crippen LogP contribution in [0.5, 0.6) is 0 Å². The highest BCUT2D eigenvalue weighted by atomic mass is 16.1. The molecule has 0 N–H and O–H groups in total. The number of fused-ring (bicyclic) bond motifs is 3. The number of hydrogen-bond donors (Lipinski definition) is 0. The van der Waals surface area contributed by atoms with Crippen molar-refractivity contribution in [3.05, 3.63) is 59.2 Å². The molecule has 2 aromatic carbocycles. The normalized spacial score (nSPS) is 12.0. The van der Waals surface area contributed by atoms with Gasteiger partial charge in [-0.15, -0.1) is 0 Å². The molecule has 0 radical (unpaired) electrons. The Hall–Kier alpha value is -1.89. The van der Waals surface area contributed by atoms with Gasteiger partial charge in [0.05, 0.1) is 0 Å². The van der Waals surface area contributed by atoms with Crippen LogP contribution in [-0.4, -0.2) is 6.29 Å². The van der Waals surface area contributed by atoms with Crippen LogP contribution in [0, 0.1) is 0 Å². The van der Waals surface area contributed by atoms with Crippen molar-refractivity contribution in [2.24, 2.45) is 0 Å². The van der Waals surface area contributed by atoms with Gasteiger partial charge in [0.1, 0.15) is 6.29 Å². The van der Waals surface area contributed by atoms with Crippen LogP contribution in [0.25, 0.3) is 11.1 Å². The van der Waals surface area contributed by atoms with Gasteiger partial charge in [-0.05, 0) is 28.7 Å². The molecule has 1 nitrogen and oxygen atoms in total. The zero-order valence-corrected chi connectivity index (χ0v) is 8.23. The van der Waals surface area contributed by atoms with Gasteiger partial charge in [0, 0.05) is 5.56 Å². The summed E-state index contributed by atoms with van der Waals surface area (Å²) in [5.41, 5.74) is 5.81. The highest BCUT2D eigenvalue weighted by Gasteiger charge is 2.19. The van der Waals surface area contributed by atoms with Crippen molar-refractivity contribution in [3.8, 4) is 11.1 Å². The Morgan fingerprint density at radius 2 is 1.73 bits per heavy atom. The Morgan fingerprint density at radius 3 is 2.60 bits per heavy atom. The number of carbonyl (C=O) groups is 1. The Labute approximate surface area is 88.4 Å². The predicted molar refractivity (Wildman–Crippen MR) is 60.1 cm³/mol. The van der Waals surface area contributed by atoms with Gasteiger partial charge in [0.25, 0.3) is 0 Å². The lowest BCUT2D eigenvalue weighted by Crippen LogP contribution is -1.89. The molecular formula is C14H10O. The van der Waals surface area contributed by atoms with Gasteiger partial charge in [0.2, 0.25) is 0 Å². The minimum Gasteiger partial charge on any atom is -0.298 e. The van der Waals surface area contributed by atoms with Gasteiger partial charge >= 0.3 is 0 Å². The van der Waals surface area contributed by atoms with E-state index in [0.29, 0.717) is 0 Å². The average Bonchev–Trinajstić information content (AvgIpc) is 2.67. The molecule has 0 spiro atoms. The third-order valence-electron chi connectivity index (χ3n) is 3.01. The molecule has 0 heterocycles. The first-order valence-corrected chi connectivity index (χ1v) is 5.05. The Balaban J connectivity index is 2.30. The molecule has 0 atom stereocenters. The zero-order chi connectivity index (χ0) is 10.3. The lowest BCUT2D eigenvalue weighted by molar-refractivity contribution is 0.112. The van der Waals surface area contributed by atoms with E-state index in [4.69, 9.17) is 0 Å². The van der Waals surface area contributed by atoms with Gasteiger partial charge in [-0.3, -0.25) is 4.79 Å². The van der Waals surface area contributed by atoms with E-state index in [9.17, 15) is 4.79 Å². The first-order valence-electron chi connectivity index (χ1n) is 5.05. The minimum atomic E-state index is 0.823. The second kappa shape index (κ2) is 3.06. The van der Waals surface area contributed by atoms with E-state index in [1.54, 1.807) is 0 Å². The summed E-state index contributed by atoms with van der Waals surface area (Å²) in [5.74, 6) is 0. The van der Waals surface area contributed by atoms with Crippen molar-refractivity contribution in [2.75, 3.05) is 0 Å². The molecule has 0 saturated carbocycles. The van der Waals surface area contributed by atoms with Crippen molar-refractivity contribution in [3.63, 3.8) is 0 Å². The number of rotatable bonds is 1. The quantitative estimate of drug-likeness (QED) is 0.544. The monoisotopic (exact) mass is 194 g/mol. The molecule has 0 unspecified atom stereocenters. The Bertz CT molecular complexity index is 541.